The summed E-state index contributed by atoms with van der Waals surface area (Å²) in [5.41, 5.74) is 2.09. The molecule has 0 aliphatic carbocycles. The molecule has 3 heteroatoms. The molecule has 0 heterocycles. The average molecular weight is 237 g/mol. The number of benzene rings is 1. The monoisotopic (exact) mass is 237 g/mol. The van der Waals surface area contributed by atoms with Crippen molar-refractivity contribution in [2.45, 2.75) is 46.6 Å². The van der Waals surface area contributed by atoms with Crippen molar-refractivity contribution in [2.24, 2.45) is 0 Å². The lowest BCUT2D eigenvalue weighted by molar-refractivity contribution is -0.137. The van der Waals surface area contributed by atoms with E-state index >= 15 is 0 Å². The molecule has 17 heavy (non-hydrogen) atoms. The zero-order valence-electron chi connectivity index (χ0n) is 10.0. The highest BCUT2D eigenvalue weighted by atomic mass is 16.4. The van der Waals surface area contributed by atoms with Gasteiger partial charge in [0.1, 0.15) is 6.04 Å². The Bertz CT molecular complexity index is 361. The third-order valence-electron chi connectivity index (χ3n) is 2.60. The van der Waals surface area contributed by atoms with Crippen LogP contribution in [0.2, 0.25) is 0 Å². The van der Waals surface area contributed by atoms with Crippen molar-refractivity contribution in [1.29, 1.82) is 0 Å². The minimum absolute atomic E-state index is 0. The van der Waals surface area contributed by atoms with E-state index in [1.807, 2.05) is 25.1 Å². The second-order valence-electron chi connectivity index (χ2n) is 4.22. The molecular weight excluding hydrogens is 214 g/mol. The summed E-state index contributed by atoms with van der Waals surface area (Å²) in [7, 11) is 0. The van der Waals surface area contributed by atoms with Gasteiger partial charge in [-0.05, 0) is 30.0 Å². The molecule has 0 radical (unpaired) electrons. The normalized spacial score (nSPS) is 11.8. The topological polar surface area (TPSA) is 49.3 Å². The van der Waals surface area contributed by atoms with Gasteiger partial charge in [-0.1, -0.05) is 40.3 Å². The zero-order valence-corrected chi connectivity index (χ0v) is 10.0. The van der Waals surface area contributed by atoms with Gasteiger partial charge < -0.3 is 10.4 Å². The van der Waals surface area contributed by atoms with Gasteiger partial charge >= 0.3 is 5.97 Å². The van der Waals surface area contributed by atoms with Crippen LogP contribution in [0.3, 0.4) is 0 Å². The van der Waals surface area contributed by atoms with Crippen LogP contribution >= 0.6 is 0 Å². The minimum atomic E-state index is -0.808. The zero-order chi connectivity index (χ0) is 12.1. The van der Waals surface area contributed by atoms with Crippen LogP contribution in [0.1, 0.15) is 46.1 Å². The molecule has 0 amide bonds. The number of carboxylic acid groups (broad SMARTS) is 1. The van der Waals surface area contributed by atoms with E-state index in [1.165, 1.54) is 5.56 Å². The standard InChI is InChI=1S/C13H19NO2.CH4/c1-4-12(13(15)16)14-11-7-5-6-10(8-11)9(2)3;/h5-9,12,14H,4H2,1-3H3,(H,15,16);1H4. The summed E-state index contributed by atoms with van der Waals surface area (Å²) < 4.78 is 0. The Hall–Kier alpha value is -1.51. The molecule has 1 aromatic rings. The number of nitrogens with one attached hydrogen (secondary N) is 1. The van der Waals surface area contributed by atoms with Gasteiger partial charge in [0.2, 0.25) is 0 Å². The van der Waals surface area contributed by atoms with Crippen LogP contribution in [0.15, 0.2) is 24.3 Å². The van der Waals surface area contributed by atoms with Gasteiger partial charge in [0, 0.05) is 5.69 Å². The highest BCUT2D eigenvalue weighted by molar-refractivity contribution is 5.77. The van der Waals surface area contributed by atoms with Crippen LogP contribution in [-0.4, -0.2) is 17.1 Å². The van der Waals surface area contributed by atoms with Gasteiger partial charge in [0.25, 0.3) is 0 Å². The van der Waals surface area contributed by atoms with E-state index in [9.17, 15) is 4.79 Å². The predicted octanol–water partition coefficient (Wildman–Crippen LogP) is 3.72. The summed E-state index contributed by atoms with van der Waals surface area (Å²) >= 11 is 0. The number of anilines is 1. The number of hydrogen-bond acceptors (Lipinski definition) is 2. The summed E-state index contributed by atoms with van der Waals surface area (Å²) in [6, 6.07) is 7.40. The number of carboxylic acids is 1. The minimum Gasteiger partial charge on any atom is -0.480 e. The molecule has 0 bridgehead atoms. The summed E-state index contributed by atoms with van der Waals surface area (Å²) in [6.07, 6.45) is 0.571. The molecule has 96 valence electrons. The van der Waals surface area contributed by atoms with Crippen LogP contribution in [-0.2, 0) is 4.79 Å². The van der Waals surface area contributed by atoms with Crippen molar-refractivity contribution in [2.75, 3.05) is 5.32 Å². The summed E-state index contributed by atoms with van der Waals surface area (Å²) in [6.45, 7) is 6.10. The predicted molar refractivity (Wildman–Crippen MR) is 72.6 cm³/mol. The van der Waals surface area contributed by atoms with E-state index in [1.54, 1.807) is 0 Å². The molecule has 0 aliphatic rings. The number of carbonyl (C=O) groups is 1. The quantitative estimate of drug-likeness (QED) is 0.820. The van der Waals surface area contributed by atoms with Crippen molar-refractivity contribution in [3.05, 3.63) is 29.8 Å². The van der Waals surface area contributed by atoms with Gasteiger partial charge in [-0.25, -0.2) is 4.79 Å². The van der Waals surface area contributed by atoms with Crippen LogP contribution in [0.5, 0.6) is 0 Å². The van der Waals surface area contributed by atoms with Gasteiger partial charge in [-0.3, -0.25) is 0 Å². The SMILES string of the molecule is C.CCC(Nc1cccc(C(C)C)c1)C(=O)O. The Morgan fingerprint density at radius 3 is 2.53 bits per heavy atom. The van der Waals surface area contributed by atoms with E-state index in [-0.39, 0.29) is 7.43 Å². The highest BCUT2D eigenvalue weighted by Crippen LogP contribution is 2.19. The lowest BCUT2D eigenvalue weighted by Crippen LogP contribution is -2.28. The second-order valence-corrected chi connectivity index (χ2v) is 4.22. The Balaban J connectivity index is 0.00000256. The van der Waals surface area contributed by atoms with Crippen LogP contribution < -0.4 is 5.32 Å². The number of rotatable bonds is 5. The summed E-state index contributed by atoms with van der Waals surface area (Å²) in [5.74, 6) is -0.357. The maximum absolute atomic E-state index is 10.9. The maximum atomic E-state index is 10.9. The highest BCUT2D eigenvalue weighted by Gasteiger charge is 2.14. The first-order chi connectivity index (χ1) is 7.54. The first-order valence-electron chi connectivity index (χ1n) is 5.64. The largest absolute Gasteiger partial charge is 0.480 e. The molecule has 0 fully saturated rings. The Kier molecular flexibility index (Phi) is 6.33. The van der Waals surface area contributed by atoms with Gasteiger partial charge in [-0.2, -0.15) is 0 Å². The van der Waals surface area contributed by atoms with E-state index in [2.05, 4.69) is 25.2 Å². The molecule has 1 rings (SSSR count). The van der Waals surface area contributed by atoms with E-state index in [4.69, 9.17) is 5.11 Å². The van der Waals surface area contributed by atoms with Crippen molar-refractivity contribution < 1.29 is 9.90 Å². The fraction of sp³-hybridized carbons (Fsp3) is 0.500. The van der Waals surface area contributed by atoms with Crippen LogP contribution in [0, 0.1) is 0 Å². The molecule has 0 spiro atoms. The van der Waals surface area contributed by atoms with Crippen molar-refractivity contribution >= 4 is 11.7 Å². The number of aliphatic carboxylic acids is 1. The van der Waals surface area contributed by atoms with Crippen molar-refractivity contribution in [1.82, 2.24) is 0 Å². The summed E-state index contributed by atoms with van der Waals surface area (Å²) in [4.78, 5) is 10.9. The second kappa shape index (κ2) is 6.94. The molecule has 0 saturated carbocycles. The molecule has 0 aromatic heterocycles. The van der Waals surface area contributed by atoms with E-state index < -0.39 is 12.0 Å². The van der Waals surface area contributed by atoms with Gasteiger partial charge in [0.05, 0.1) is 0 Å². The lowest BCUT2D eigenvalue weighted by atomic mass is 10.0. The Morgan fingerprint density at radius 2 is 2.06 bits per heavy atom. The van der Waals surface area contributed by atoms with Gasteiger partial charge in [0.15, 0.2) is 0 Å². The van der Waals surface area contributed by atoms with Crippen LogP contribution in [0.4, 0.5) is 5.69 Å². The first kappa shape index (κ1) is 15.5. The molecule has 1 unspecified atom stereocenters. The van der Waals surface area contributed by atoms with E-state index in [0.717, 1.165) is 5.69 Å². The fourth-order valence-corrected chi connectivity index (χ4v) is 1.53. The molecule has 1 atom stereocenters. The first-order valence-corrected chi connectivity index (χ1v) is 5.64. The number of hydrogen-bond donors (Lipinski definition) is 2. The van der Waals surface area contributed by atoms with Crippen molar-refractivity contribution in [3.8, 4) is 0 Å². The lowest BCUT2D eigenvalue weighted by Gasteiger charge is -2.15. The third kappa shape index (κ3) is 4.47. The average Bonchev–Trinajstić information content (AvgIpc) is 2.25. The molecule has 1 aromatic carbocycles. The molecule has 3 nitrogen and oxygen atoms in total. The molecular formula is C14H23NO2. The summed E-state index contributed by atoms with van der Waals surface area (Å²) in [5, 5.41) is 12.0. The molecule has 0 saturated heterocycles. The Labute approximate surface area is 104 Å². The fourth-order valence-electron chi connectivity index (χ4n) is 1.53. The van der Waals surface area contributed by atoms with E-state index in [0.29, 0.717) is 12.3 Å². The Morgan fingerprint density at radius 1 is 1.41 bits per heavy atom. The third-order valence-corrected chi connectivity index (χ3v) is 2.60. The van der Waals surface area contributed by atoms with Crippen molar-refractivity contribution in [3.63, 3.8) is 0 Å². The smallest absolute Gasteiger partial charge is 0.326 e. The maximum Gasteiger partial charge on any atom is 0.326 e. The molecule has 0 aliphatic heterocycles. The van der Waals surface area contributed by atoms with Crippen LogP contribution in [0.25, 0.3) is 0 Å². The van der Waals surface area contributed by atoms with Gasteiger partial charge in [-0.15, -0.1) is 0 Å². The molecule has 2 N–H and O–H groups in total.